The summed E-state index contributed by atoms with van der Waals surface area (Å²) < 4.78 is 0.988. The molecule has 0 amide bonds. The van der Waals surface area contributed by atoms with Crippen molar-refractivity contribution in [2.75, 3.05) is 18.1 Å². The lowest BCUT2D eigenvalue weighted by Gasteiger charge is -2.36. The number of benzene rings is 1. The number of rotatable bonds is 5. The topological polar surface area (TPSA) is 49.5 Å². The number of aliphatic hydroxyl groups excluding tert-OH is 1. The van der Waals surface area contributed by atoms with Gasteiger partial charge in [-0.2, -0.15) is 0 Å². The Morgan fingerprint density at radius 1 is 1.35 bits per heavy atom. The molecule has 3 N–H and O–H groups in total. The summed E-state index contributed by atoms with van der Waals surface area (Å²) in [5.41, 5.74) is 7.65. The predicted octanol–water partition coefficient (Wildman–Crippen LogP) is 3.21. The van der Waals surface area contributed by atoms with Crippen molar-refractivity contribution in [3.8, 4) is 0 Å². The summed E-state index contributed by atoms with van der Waals surface area (Å²) in [7, 11) is 0. The molecule has 1 aromatic carbocycles. The fraction of sp³-hybridized carbons (Fsp3) is 0.533. The van der Waals surface area contributed by atoms with Crippen LogP contribution >= 0.6 is 28.1 Å². The van der Waals surface area contributed by atoms with E-state index >= 15 is 0 Å². The van der Waals surface area contributed by atoms with Crippen molar-refractivity contribution in [2.24, 2.45) is 5.73 Å². The third-order valence-electron chi connectivity index (χ3n) is 3.90. The highest BCUT2D eigenvalue weighted by Crippen LogP contribution is 2.33. The minimum absolute atomic E-state index is 0.167. The zero-order valence-corrected chi connectivity index (χ0v) is 13.9. The number of nitrogens with zero attached hydrogens (tertiary/aromatic N) is 1. The second-order valence-electron chi connectivity index (χ2n) is 5.24. The maximum absolute atomic E-state index is 9.36. The van der Waals surface area contributed by atoms with Crippen molar-refractivity contribution in [2.45, 2.75) is 38.1 Å². The lowest BCUT2D eigenvalue weighted by atomic mass is 9.93. The molecule has 110 valence electrons. The molecule has 0 bridgehead atoms. The average molecular weight is 357 g/mol. The number of anilines is 1. The highest BCUT2D eigenvalue weighted by Gasteiger charge is 2.22. The van der Waals surface area contributed by atoms with Crippen LogP contribution in [0, 0.1) is 0 Å². The molecule has 2 rings (SSSR count). The summed E-state index contributed by atoms with van der Waals surface area (Å²) in [6, 6.07) is 6.48. The number of aliphatic hydroxyl groups is 1. The molecule has 0 aliphatic heterocycles. The van der Waals surface area contributed by atoms with Gasteiger partial charge in [-0.25, -0.2) is 0 Å². The molecule has 1 fully saturated rings. The molecule has 20 heavy (non-hydrogen) atoms. The van der Waals surface area contributed by atoms with Gasteiger partial charge in [-0.05, 0) is 47.0 Å². The Morgan fingerprint density at radius 2 is 2.05 bits per heavy atom. The summed E-state index contributed by atoms with van der Waals surface area (Å²) >= 11 is 8.62. The summed E-state index contributed by atoms with van der Waals surface area (Å²) in [5, 5.41) is 9.36. The summed E-state index contributed by atoms with van der Waals surface area (Å²) in [4.78, 5) is 2.72. The van der Waals surface area contributed by atoms with E-state index in [9.17, 15) is 5.11 Å². The molecular formula is C15H21BrN2OS. The Bertz CT molecular complexity index is 475. The van der Waals surface area contributed by atoms with Crippen LogP contribution in [0.3, 0.4) is 0 Å². The van der Waals surface area contributed by atoms with Crippen LogP contribution in [0.4, 0.5) is 5.69 Å². The first-order valence-electron chi connectivity index (χ1n) is 7.10. The van der Waals surface area contributed by atoms with E-state index in [2.05, 4.69) is 20.8 Å². The SMILES string of the molecule is NC(=S)c1ccc(N(CCO)C2CCCCC2)c(Br)c1. The minimum atomic E-state index is 0.167. The summed E-state index contributed by atoms with van der Waals surface area (Å²) in [6.07, 6.45) is 6.27. The maximum Gasteiger partial charge on any atom is 0.104 e. The standard InChI is InChI=1S/C15H21BrN2OS/c16-13-10-11(15(17)20)6-7-14(13)18(8-9-19)12-4-2-1-3-5-12/h6-7,10,12,19H,1-5,8-9H2,(H2,17,20). The van der Waals surface area contributed by atoms with Gasteiger partial charge in [0, 0.05) is 22.6 Å². The Balaban J connectivity index is 2.26. The third-order valence-corrected chi connectivity index (χ3v) is 4.77. The highest BCUT2D eigenvalue weighted by molar-refractivity contribution is 9.10. The number of hydrogen-bond donors (Lipinski definition) is 2. The molecule has 1 aromatic rings. The lowest BCUT2D eigenvalue weighted by Crippen LogP contribution is -2.39. The first-order valence-corrected chi connectivity index (χ1v) is 8.30. The smallest absolute Gasteiger partial charge is 0.104 e. The van der Waals surface area contributed by atoms with E-state index in [1.807, 2.05) is 18.2 Å². The van der Waals surface area contributed by atoms with Crippen molar-refractivity contribution in [1.82, 2.24) is 0 Å². The molecule has 1 aliphatic carbocycles. The first-order chi connectivity index (χ1) is 9.63. The van der Waals surface area contributed by atoms with Gasteiger partial charge in [0.15, 0.2) is 0 Å². The van der Waals surface area contributed by atoms with Crippen LogP contribution in [0.25, 0.3) is 0 Å². The molecule has 0 saturated heterocycles. The third kappa shape index (κ3) is 3.71. The van der Waals surface area contributed by atoms with Crippen molar-refractivity contribution < 1.29 is 5.11 Å². The Hall–Kier alpha value is -0.650. The Kier molecular flexibility index (Phi) is 5.81. The number of nitrogens with two attached hydrogens (primary N) is 1. The van der Waals surface area contributed by atoms with Crippen LogP contribution in [-0.4, -0.2) is 29.3 Å². The van der Waals surface area contributed by atoms with Crippen LogP contribution in [0.1, 0.15) is 37.7 Å². The van der Waals surface area contributed by atoms with Crippen LogP contribution < -0.4 is 10.6 Å². The zero-order valence-electron chi connectivity index (χ0n) is 11.5. The maximum atomic E-state index is 9.36. The second-order valence-corrected chi connectivity index (χ2v) is 6.53. The minimum Gasteiger partial charge on any atom is -0.395 e. The van der Waals surface area contributed by atoms with E-state index in [0.717, 1.165) is 15.7 Å². The van der Waals surface area contributed by atoms with E-state index < -0.39 is 0 Å². The van der Waals surface area contributed by atoms with Gasteiger partial charge in [0.05, 0.1) is 12.3 Å². The largest absolute Gasteiger partial charge is 0.395 e. The van der Waals surface area contributed by atoms with Gasteiger partial charge < -0.3 is 15.7 Å². The molecule has 1 saturated carbocycles. The van der Waals surface area contributed by atoms with Crippen LogP contribution in [0.5, 0.6) is 0 Å². The molecule has 0 radical (unpaired) electrons. The van der Waals surface area contributed by atoms with Crippen molar-refractivity contribution in [3.63, 3.8) is 0 Å². The van der Waals surface area contributed by atoms with Crippen LogP contribution in [-0.2, 0) is 0 Å². The van der Waals surface area contributed by atoms with Gasteiger partial charge in [0.25, 0.3) is 0 Å². The van der Waals surface area contributed by atoms with Gasteiger partial charge in [-0.3, -0.25) is 0 Å². The molecule has 3 nitrogen and oxygen atoms in total. The summed E-state index contributed by atoms with van der Waals surface area (Å²) in [5.74, 6) is 0. The molecule has 1 aliphatic rings. The van der Waals surface area contributed by atoms with Crippen molar-refractivity contribution in [1.29, 1.82) is 0 Å². The number of halogens is 1. The van der Waals surface area contributed by atoms with Gasteiger partial charge in [-0.1, -0.05) is 31.5 Å². The van der Waals surface area contributed by atoms with E-state index in [1.54, 1.807) is 0 Å². The predicted molar refractivity (Wildman–Crippen MR) is 91.3 cm³/mol. The van der Waals surface area contributed by atoms with E-state index in [4.69, 9.17) is 18.0 Å². The fourth-order valence-corrected chi connectivity index (χ4v) is 3.63. The average Bonchev–Trinajstić information content (AvgIpc) is 2.46. The van der Waals surface area contributed by atoms with E-state index in [1.165, 1.54) is 32.1 Å². The summed E-state index contributed by atoms with van der Waals surface area (Å²) in [6.45, 7) is 0.829. The first kappa shape index (κ1) is 15.7. The monoisotopic (exact) mass is 356 g/mol. The van der Waals surface area contributed by atoms with E-state index in [0.29, 0.717) is 17.6 Å². The van der Waals surface area contributed by atoms with Gasteiger partial charge in [0.2, 0.25) is 0 Å². The molecule has 5 heteroatoms. The Labute approximate surface area is 134 Å². The normalized spacial score (nSPS) is 16.1. The number of thiocarbonyl (C=S) groups is 1. The lowest BCUT2D eigenvalue weighted by molar-refractivity contribution is 0.290. The highest BCUT2D eigenvalue weighted by atomic mass is 79.9. The molecule has 0 aromatic heterocycles. The van der Waals surface area contributed by atoms with E-state index in [-0.39, 0.29) is 6.61 Å². The van der Waals surface area contributed by atoms with Gasteiger partial charge in [-0.15, -0.1) is 0 Å². The molecule has 0 spiro atoms. The van der Waals surface area contributed by atoms with Crippen LogP contribution in [0.2, 0.25) is 0 Å². The molecule has 0 heterocycles. The second kappa shape index (κ2) is 7.38. The van der Waals surface area contributed by atoms with Crippen molar-refractivity contribution in [3.05, 3.63) is 28.2 Å². The van der Waals surface area contributed by atoms with Crippen LogP contribution in [0.15, 0.2) is 22.7 Å². The zero-order chi connectivity index (χ0) is 14.5. The number of hydrogen-bond acceptors (Lipinski definition) is 3. The van der Waals surface area contributed by atoms with Gasteiger partial charge in [0.1, 0.15) is 4.99 Å². The van der Waals surface area contributed by atoms with Crippen molar-refractivity contribution >= 4 is 38.8 Å². The molecule has 0 unspecified atom stereocenters. The Morgan fingerprint density at radius 3 is 2.60 bits per heavy atom. The molecule has 0 atom stereocenters. The van der Waals surface area contributed by atoms with Gasteiger partial charge >= 0.3 is 0 Å². The molecular weight excluding hydrogens is 336 g/mol. The quantitative estimate of drug-likeness (QED) is 0.795. The fourth-order valence-electron chi connectivity index (χ4n) is 2.89.